The van der Waals surface area contributed by atoms with Crippen molar-refractivity contribution >= 4 is 35.0 Å². The summed E-state index contributed by atoms with van der Waals surface area (Å²) >= 11 is 0. The number of ketones is 1. The zero-order valence-corrected chi connectivity index (χ0v) is 21.2. The maximum atomic E-state index is 12.9. The van der Waals surface area contributed by atoms with Gasteiger partial charge in [0.05, 0.1) is 17.9 Å². The molecule has 6 nitrogen and oxygen atoms in total. The van der Waals surface area contributed by atoms with Gasteiger partial charge in [-0.25, -0.2) is 0 Å². The molecule has 2 heterocycles. The predicted molar refractivity (Wildman–Crippen MR) is 142 cm³/mol. The van der Waals surface area contributed by atoms with Crippen LogP contribution in [0.1, 0.15) is 104 Å². The molecular formula is C30H34N2O4. The molecule has 0 saturated heterocycles. The van der Waals surface area contributed by atoms with E-state index in [-0.39, 0.29) is 24.1 Å². The second-order valence-electron chi connectivity index (χ2n) is 9.34. The van der Waals surface area contributed by atoms with Crippen molar-refractivity contribution in [1.82, 2.24) is 4.98 Å². The maximum Gasteiger partial charge on any atom is 0.306 e. The molecule has 188 valence electrons. The van der Waals surface area contributed by atoms with Gasteiger partial charge in [-0.3, -0.25) is 14.4 Å². The van der Waals surface area contributed by atoms with Crippen LogP contribution in [0.5, 0.6) is 0 Å². The number of aromatic amines is 1. The lowest BCUT2D eigenvalue weighted by molar-refractivity contribution is -0.143. The zero-order valence-electron chi connectivity index (χ0n) is 21.2. The van der Waals surface area contributed by atoms with E-state index in [0.29, 0.717) is 36.3 Å². The molecule has 0 saturated carbocycles. The van der Waals surface area contributed by atoms with Gasteiger partial charge in [0.1, 0.15) is 0 Å². The molecule has 1 aromatic heterocycles. The molecule has 0 bridgehead atoms. The Hall–Kier alpha value is -3.59. The third kappa shape index (κ3) is 5.79. The highest BCUT2D eigenvalue weighted by Crippen LogP contribution is 2.36. The highest BCUT2D eigenvalue weighted by Gasteiger charge is 2.29. The molecule has 1 aliphatic heterocycles. The van der Waals surface area contributed by atoms with Gasteiger partial charge in [0.25, 0.3) is 5.91 Å². The molecule has 0 fully saturated rings. The molecule has 1 aliphatic carbocycles. The van der Waals surface area contributed by atoms with Crippen LogP contribution in [0.3, 0.4) is 0 Å². The number of H-pyrrole nitrogens is 1. The summed E-state index contributed by atoms with van der Waals surface area (Å²) in [4.78, 5) is 41.0. The Morgan fingerprint density at radius 3 is 2.81 bits per heavy atom. The summed E-state index contributed by atoms with van der Waals surface area (Å²) in [5, 5.41) is 2.95. The van der Waals surface area contributed by atoms with Crippen molar-refractivity contribution in [2.75, 3.05) is 11.9 Å². The minimum absolute atomic E-state index is 0.0881. The van der Waals surface area contributed by atoms with E-state index in [1.54, 1.807) is 6.92 Å². The number of benzene rings is 1. The van der Waals surface area contributed by atoms with Crippen LogP contribution in [0.15, 0.2) is 18.2 Å². The number of unbranched alkanes of at least 4 members (excludes halogenated alkanes) is 4. The first-order chi connectivity index (χ1) is 17.5. The lowest BCUT2D eigenvalue weighted by Crippen LogP contribution is -2.12. The Bertz CT molecular complexity index is 1260. The molecule has 1 amide bonds. The molecular weight excluding hydrogens is 452 g/mol. The van der Waals surface area contributed by atoms with Crippen LogP contribution in [0, 0.1) is 11.8 Å². The summed E-state index contributed by atoms with van der Waals surface area (Å²) in [6.45, 7) is 4.29. The van der Waals surface area contributed by atoms with Crippen LogP contribution >= 0.6 is 0 Å². The first-order valence-corrected chi connectivity index (χ1v) is 13.1. The van der Waals surface area contributed by atoms with E-state index >= 15 is 0 Å². The highest BCUT2D eigenvalue weighted by molar-refractivity contribution is 6.35. The Labute approximate surface area is 212 Å². The van der Waals surface area contributed by atoms with Crippen molar-refractivity contribution in [3.05, 3.63) is 51.8 Å². The molecule has 2 N–H and O–H groups in total. The van der Waals surface area contributed by atoms with E-state index in [0.717, 1.165) is 53.8 Å². The van der Waals surface area contributed by atoms with Crippen molar-refractivity contribution in [1.29, 1.82) is 0 Å². The van der Waals surface area contributed by atoms with Crippen LogP contribution in [-0.2, 0) is 27.2 Å². The van der Waals surface area contributed by atoms with E-state index in [1.807, 2.05) is 24.3 Å². The molecule has 0 spiro atoms. The molecule has 36 heavy (non-hydrogen) atoms. The quantitative estimate of drug-likeness (QED) is 0.202. The van der Waals surface area contributed by atoms with Crippen molar-refractivity contribution in [2.24, 2.45) is 0 Å². The van der Waals surface area contributed by atoms with Crippen LogP contribution < -0.4 is 5.32 Å². The van der Waals surface area contributed by atoms with Crippen molar-refractivity contribution in [2.45, 2.75) is 78.1 Å². The highest BCUT2D eigenvalue weighted by atomic mass is 16.5. The summed E-state index contributed by atoms with van der Waals surface area (Å²) in [6, 6.07) is 5.78. The largest absolute Gasteiger partial charge is 0.466 e. The minimum Gasteiger partial charge on any atom is -0.466 e. The topological polar surface area (TPSA) is 88.3 Å². The second-order valence-corrected chi connectivity index (χ2v) is 9.34. The van der Waals surface area contributed by atoms with E-state index in [1.165, 1.54) is 19.3 Å². The molecule has 1 aromatic carbocycles. The van der Waals surface area contributed by atoms with Crippen LogP contribution in [0.25, 0.3) is 11.6 Å². The fraction of sp³-hybridized carbons (Fsp3) is 0.433. The summed E-state index contributed by atoms with van der Waals surface area (Å²) in [7, 11) is 0. The number of aromatic nitrogens is 1. The minimum atomic E-state index is -0.294. The normalized spacial score (nSPS) is 15.2. The Morgan fingerprint density at radius 2 is 2.00 bits per heavy atom. The smallest absolute Gasteiger partial charge is 0.306 e. The van der Waals surface area contributed by atoms with Gasteiger partial charge in [0.15, 0.2) is 5.78 Å². The van der Waals surface area contributed by atoms with E-state index < -0.39 is 0 Å². The van der Waals surface area contributed by atoms with Crippen LogP contribution in [0.4, 0.5) is 5.69 Å². The average molecular weight is 487 g/mol. The molecule has 6 heteroatoms. The van der Waals surface area contributed by atoms with Gasteiger partial charge in [-0.1, -0.05) is 44.1 Å². The van der Waals surface area contributed by atoms with Gasteiger partial charge in [-0.2, -0.15) is 0 Å². The Morgan fingerprint density at radius 1 is 1.14 bits per heavy atom. The Kier molecular flexibility index (Phi) is 8.43. The number of rotatable bonds is 9. The van der Waals surface area contributed by atoms with Gasteiger partial charge in [-0.05, 0) is 56.4 Å². The first-order valence-electron chi connectivity index (χ1n) is 13.1. The number of aryl methyl sites for hydroxylation is 1. The molecule has 2 aromatic rings. The van der Waals surface area contributed by atoms with Crippen LogP contribution in [-0.4, -0.2) is 29.3 Å². The first kappa shape index (κ1) is 25.5. The number of anilines is 1. The third-order valence-electron chi connectivity index (χ3n) is 6.69. The standard InChI is InChI=1S/C30H34N2O4/c1-3-5-6-7-8-9-11-20-14-15-21-23(30(35)32-25(21)18-20)19-26-22(16-17-28(34)36-4-2)29-24(31-26)12-10-13-27(29)33/h14-15,18-19,31H,3-8,10,12-13,16-17H2,1-2H3,(H,32,35)/b23-19-. The molecule has 4 rings (SSSR count). The number of ether oxygens (including phenoxy) is 1. The average Bonchev–Trinajstić information content (AvgIpc) is 3.37. The third-order valence-corrected chi connectivity index (χ3v) is 6.69. The van der Waals surface area contributed by atoms with Gasteiger partial charge >= 0.3 is 5.97 Å². The predicted octanol–water partition coefficient (Wildman–Crippen LogP) is 5.84. The van der Waals surface area contributed by atoms with Crippen molar-refractivity contribution in [3.8, 4) is 11.8 Å². The summed E-state index contributed by atoms with van der Waals surface area (Å²) in [6.07, 6.45) is 10.1. The fourth-order valence-corrected chi connectivity index (χ4v) is 4.90. The van der Waals surface area contributed by atoms with E-state index in [4.69, 9.17) is 4.74 Å². The van der Waals surface area contributed by atoms with E-state index in [2.05, 4.69) is 29.1 Å². The lowest BCUT2D eigenvalue weighted by Gasteiger charge is -2.11. The maximum absolute atomic E-state index is 12.9. The van der Waals surface area contributed by atoms with Crippen molar-refractivity contribution < 1.29 is 19.1 Å². The summed E-state index contributed by atoms with van der Waals surface area (Å²) in [5.41, 5.74) is 6.04. The van der Waals surface area contributed by atoms with Gasteiger partial charge in [-0.15, -0.1) is 0 Å². The fourth-order valence-electron chi connectivity index (χ4n) is 4.90. The van der Waals surface area contributed by atoms with Gasteiger partial charge in [0.2, 0.25) is 0 Å². The summed E-state index contributed by atoms with van der Waals surface area (Å²) < 4.78 is 5.09. The number of carbonyl (C=O) groups excluding carboxylic acids is 3. The number of amides is 1. The zero-order chi connectivity index (χ0) is 25.5. The number of hydrogen-bond acceptors (Lipinski definition) is 4. The van der Waals surface area contributed by atoms with E-state index in [9.17, 15) is 14.4 Å². The number of fused-ring (bicyclic) bond motifs is 2. The number of carbonyl (C=O) groups is 3. The van der Waals surface area contributed by atoms with Gasteiger partial charge < -0.3 is 15.0 Å². The van der Waals surface area contributed by atoms with Gasteiger partial charge in [0, 0.05) is 47.3 Å². The number of nitrogens with one attached hydrogen (secondary N) is 2. The molecule has 0 unspecified atom stereocenters. The number of Topliss-reactive ketones (excluding diaryl/α,β-unsaturated/α-hetero) is 1. The monoisotopic (exact) mass is 486 g/mol. The van der Waals surface area contributed by atoms with Crippen LogP contribution in [0.2, 0.25) is 0 Å². The molecule has 0 radical (unpaired) electrons. The molecule has 2 aliphatic rings. The number of esters is 1. The Balaban J connectivity index is 1.60. The number of hydrogen-bond donors (Lipinski definition) is 2. The lowest BCUT2D eigenvalue weighted by atomic mass is 9.91. The second kappa shape index (κ2) is 11.9. The summed E-state index contributed by atoms with van der Waals surface area (Å²) in [5.74, 6) is 6.04. The van der Waals surface area contributed by atoms with Crippen molar-refractivity contribution in [3.63, 3.8) is 0 Å². The molecule has 0 atom stereocenters. The SMILES string of the molecule is CCCCCCC#Cc1ccc2c(c1)NC(=O)/C2=C\c1[nH]c2c(c1CCC(=O)OCC)C(=O)CCC2.